The highest BCUT2D eigenvalue weighted by Crippen LogP contribution is 2.19. The van der Waals surface area contributed by atoms with Gasteiger partial charge >= 0.3 is 5.97 Å². The third-order valence-electron chi connectivity index (χ3n) is 5.38. The van der Waals surface area contributed by atoms with Gasteiger partial charge in [-0.25, -0.2) is 9.78 Å². The van der Waals surface area contributed by atoms with Gasteiger partial charge in [-0.05, 0) is 61.8 Å². The van der Waals surface area contributed by atoms with Gasteiger partial charge in [-0.3, -0.25) is 4.90 Å². The van der Waals surface area contributed by atoms with E-state index in [0.29, 0.717) is 16.9 Å². The van der Waals surface area contributed by atoms with Crippen LogP contribution in [0.5, 0.6) is 5.75 Å². The first kappa shape index (κ1) is 20.2. The van der Waals surface area contributed by atoms with Crippen LogP contribution in [0.3, 0.4) is 0 Å². The number of methoxy groups -OCH3 is 1. The zero-order valence-electron chi connectivity index (χ0n) is 17.3. The van der Waals surface area contributed by atoms with Crippen molar-refractivity contribution < 1.29 is 14.3 Å². The molecule has 2 heterocycles. The Morgan fingerprint density at radius 1 is 1.10 bits per heavy atom. The van der Waals surface area contributed by atoms with Crippen LogP contribution >= 0.6 is 0 Å². The van der Waals surface area contributed by atoms with Crippen LogP contribution in [-0.4, -0.2) is 54.2 Å². The Hall–Kier alpha value is -3.12. The van der Waals surface area contributed by atoms with Crippen molar-refractivity contribution in [3.8, 4) is 5.75 Å². The number of rotatable bonds is 7. The van der Waals surface area contributed by atoms with Gasteiger partial charge in [0.25, 0.3) is 0 Å². The number of H-pyrrole nitrogens is 1. The molecule has 1 aromatic heterocycles. The molecule has 0 aliphatic carbocycles. The number of carbonyl (C=O) groups excluding carboxylic acids is 1. The molecule has 1 fully saturated rings. The molecule has 1 aliphatic rings. The molecule has 30 heavy (non-hydrogen) atoms. The van der Waals surface area contributed by atoms with Gasteiger partial charge in [-0.2, -0.15) is 0 Å². The summed E-state index contributed by atoms with van der Waals surface area (Å²) < 4.78 is 10.7. The minimum atomic E-state index is -0.390. The largest absolute Gasteiger partial charge is 0.492 e. The molecule has 0 saturated carbocycles. The van der Waals surface area contributed by atoms with Crippen molar-refractivity contribution in [1.29, 1.82) is 0 Å². The molecule has 156 valence electrons. The van der Waals surface area contributed by atoms with Crippen LogP contribution in [0.25, 0.3) is 23.2 Å². The van der Waals surface area contributed by atoms with Crippen LogP contribution < -0.4 is 4.74 Å². The van der Waals surface area contributed by atoms with Gasteiger partial charge in [0, 0.05) is 6.54 Å². The fourth-order valence-electron chi connectivity index (χ4n) is 3.73. The number of aromatic nitrogens is 2. The zero-order valence-corrected chi connectivity index (χ0v) is 17.3. The zero-order chi connectivity index (χ0) is 20.8. The third-order valence-corrected chi connectivity index (χ3v) is 5.38. The molecule has 0 amide bonds. The van der Waals surface area contributed by atoms with Gasteiger partial charge in [0.05, 0.1) is 18.2 Å². The van der Waals surface area contributed by atoms with Crippen LogP contribution in [0.2, 0.25) is 0 Å². The molecule has 6 nitrogen and oxygen atoms in total. The van der Waals surface area contributed by atoms with E-state index in [4.69, 9.17) is 9.47 Å². The Kier molecular flexibility index (Phi) is 6.44. The normalized spacial score (nSPS) is 15.0. The molecule has 6 heteroatoms. The Bertz CT molecular complexity index is 1020. The number of piperidine rings is 1. The summed E-state index contributed by atoms with van der Waals surface area (Å²) in [5.74, 6) is 1.18. The number of nitrogens with zero attached hydrogens (tertiary/aromatic N) is 2. The Morgan fingerprint density at radius 2 is 1.90 bits per heavy atom. The van der Waals surface area contributed by atoms with E-state index < -0.39 is 5.97 Å². The molecule has 1 aliphatic heterocycles. The number of hydrogen-bond donors (Lipinski definition) is 1. The van der Waals surface area contributed by atoms with Crippen molar-refractivity contribution >= 4 is 29.2 Å². The van der Waals surface area contributed by atoms with Crippen molar-refractivity contribution in [2.75, 3.05) is 33.4 Å². The minimum Gasteiger partial charge on any atom is -0.492 e. The predicted octanol–water partition coefficient (Wildman–Crippen LogP) is 4.38. The van der Waals surface area contributed by atoms with Crippen LogP contribution in [0, 0.1) is 0 Å². The first-order chi connectivity index (χ1) is 14.7. The first-order valence-electron chi connectivity index (χ1n) is 10.4. The monoisotopic (exact) mass is 405 g/mol. The average Bonchev–Trinajstić information content (AvgIpc) is 3.22. The van der Waals surface area contributed by atoms with Gasteiger partial charge in [-0.15, -0.1) is 0 Å². The minimum absolute atomic E-state index is 0.390. The van der Waals surface area contributed by atoms with E-state index in [9.17, 15) is 4.79 Å². The van der Waals surface area contributed by atoms with Gasteiger partial charge in [0.1, 0.15) is 23.7 Å². The maximum atomic E-state index is 11.9. The van der Waals surface area contributed by atoms with Crippen molar-refractivity contribution in [1.82, 2.24) is 14.9 Å². The van der Waals surface area contributed by atoms with Gasteiger partial charge in [0.2, 0.25) is 0 Å². The average molecular weight is 405 g/mol. The number of imidazole rings is 1. The molecule has 2 aromatic carbocycles. The molecule has 1 N–H and O–H groups in total. The molecule has 0 bridgehead atoms. The Morgan fingerprint density at radius 3 is 2.67 bits per heavy atom. The Labute approximate surface area is 176 Å². The summed E-state index contributed by atoms with van der Waals surface area (Å²) in [5.41, 5.74) is 2.92. The summed E-state index contributed by atoms with van der Waals surface area (Å²) in [6.45, 7) is 4.09. The molecule has 1 saturated heterocycles. The number of para-hydroxylation sites is 1. The van der Waals surface area contributed by atoms with E-state index in [0.717, 1.165) is 30.0 Å². The lowest BCUT2D eigenvalue weighted by Crippen LogP contribution is -2.33. The topological polar surface area (TPSA) is 67.5 Å². The van der Waals surface area contributed by atoms with E-state index in [1.165, 1.54) is 39.5 Å². The molecule has 0 atom stereocenters. The smallest absolute Gasteiger partial charge is 0.340 e. The SMILES string of the molecule is COC(=O)c1cccc2[nH]c(/C=C/c3ccc(OCCN4CCCCC4)cc3)nc12. The predicted molar refractivity (Wildman–Crippen MR) is 119 cm³/mol. The maximum Gasteiger partial charge on any atom is 0.340 e. The van der Waals surface area contributed by atoms with Crippen molar-refractivity contribution in [2.45, 2.75) is 19.3 Å². The summed E-state index contributed by atoms with van der Waals surface area (Å²) in [6, 6.07) is 13.4. The molecule has 0 spiro atoms. The van der Waals surface area contributed by atoms with E-state index in [2.05, 4.69) is 14.9 Å². The second-order valence-corrected chi connectivity index (χ2v) is 7.47. The summed E-state index contributed by atoms with van der Waals surface area (Å²) in [6.07, 6.45) is 7.83. The standard InChI is InChI=1S/C24H27N3O3/c1-29-24(28)20-6-5-7-21-23(20)26-22(25-21)13-10-18-8-11-19(12-9-18)30-17-16-27-14-3-2-4-15-27/h5-13H,2-4,14-17H2,1H3,(H,25,26)/b13-10+. The van der Waals surface area contributed by atoms with Gasteiger partial charge in [-0.1, -0.05) is 30.7 Å². The highest BCUT2D eigenvalue weighted by molar-refractivity contribution is 6.02. The number of aromatic amines is 1. The summed E-state index contributed by atoms with van der Waals surface area (Å²) in [5, 5.41) is 0. The van der Waals surface area contributed by atoms with Crippen LogP contribution in [-0.2, 0) is 4.74 Å². The second kappa shape index (κ2) is 9.59. The van der Waals surface area contributed by atoms with Crippen molar-refractivity contribution in [2.24, 2.45) is 0 Å². The number of carbonyl (C=O) groups is 1. The third kappa shape index (κ3) is 4.89. The van der Waals surface area contributed by atoms with E-state index in [1.807, 2.05) is 48.6 Å². The lowest BCUT2D eigenvalue weighted by Gasteiger charge is -2.26. The second-order valence-electron chi connectivity index (χ2n) is 7.47. The fraction of sp³-hybridized carbons (Fsp3) is 0.333. The van der Waals surface area contributed by atoms with E-state index >= 15 is 0 Å². The fourth-order valence-corrected chi connectivity index (χ4v) is 3.73. The number of benzene rings is 2. The molecule has 0 unspecified atom stereocenters. The first-order valence-corrected chi connectivity index (χ1v) is 10.4. The van der Waals surface area contributed by atoms with Crippen molar-refractivity contribution in [3.05, 3.63) is 59.4 Å². The van der Waals surface area contributed by atoms with Gasteiger partial charge < -0.3 is 14.5 Å². The van der Waals surface area contributed by atoms with Crippen LogP contribution in [0.4, 0.5) is 0 Å². The lowest BCUT2D eigenvalue weighted by atomic mass is 10.1. The number of ether oxygens (including phenoxy) is 2. The highest BCUT2D eigenvalue weighted by atomic mass is 16.5. The summed E-state index contributed by atoms with van der Waals surface area (Å²) in [7, 11) is 1.37. The summed E-state index contributed by atoms with van der Waals surface area (Å²) >= 11 is 0. The van der Waals surface area contributed by atoms with E-state index in [1.54, 1.807) is 6.07 Å². The maximum absolute atomic E-state index is 11.9. The lowest BCUT2D eigenvalue weighted by molar-refractivity contribution is 0.0603. The molecular weight excluding hydrogens is 378 g/mol. The molecule has 3 aromatic rings. The van der Waals surface area contributed by atoms with Crippen LogP contribution in [0.15, 0.2) is 42.5 Å². The van der Waals surface area contributed by atoms with Gasteiger partial charge in [0.15, 0.2) is 0 Å². The summed E-state index contributed by atoms with van der Waals surface area (Å²) in [4.78, 5) is 22.1. The molecule has 0 radical (unpaired) electrons. The number of likely N-dealkylation sites (tertiary alicyclic amines) is 1. The quantitative estimate of drug-likeness (QED) is 0.591. The number of hydrogen-bond acceptors (Lipinski definition) is 5. The van der Waals surface area contributed by atoms with Crippen molar-refractivity contribution in [3.63, 3.8) is 0 Å². The Balaban J connectivity index is 1.36. The highest BCUT2D eigenvalue weighted by Gasteiger charge is 2.13. The number of fused-ring (bicyclic) bond motifs is 1. The molecular formula is C24H27N3O3. The van der Waals surface area contributed by atoms with E-state index in [-0.39, 0.29) is 0 Å². The molecule has 4 rings (SSSR count). The number of esters is 1. The van der Waals surface area contributed by atoms with Crippen LogP contribution in [0.1, 0.15) is 41.0 Å². The number of nitrogens with one attached hydrogen (secondary N) is 1.